The topological polar surface area (TPSA) is 95.6 Å². The number of carbonyl (C=O) groups is 4. The van der Waals surface area contributed by atoms with Crippen molar-refractivity contribution in [1.82, 2.24) is 5.32 Å². The summed E-state index contributed by atoms with van der Waals surface area (Å²) in [7, 11) is 0. The van der Waals surface area contributed by atoms with Gasteiger partial charge in [-0.3, -0.25) is 24.1 Å². The molecule has 3 aromatic rings. The fraction of sp³-hybridized carbons (Fsp3) is 0.154. The van der Waals surface area contributed by atoms with Crippen molar-refractivity contribution in [3.8, 4) is 0 Å². The maximum atomic E-state index is 13.0. The molecule has 1 heterocycles. The van der Waals surface area contributed by atoms with Crippen LogP contribution in [0.1, 0.15) is 27.9 Å². The maximum Gasteiger partial charge on any atom is 0.299 e. The Kier molecular flexibility index (Phi) is 6.77. The Morgan fingerprint density at radius 3 is 2.32 bits per heavy atom. The highest BCUT2D eigenvalue weighted by atomic mass is 19.1. The lowest BCUT2D eigenvalue weighted by molar-refractivity contribution is -0.122. The van der Waals surface area contributed by atoms with Gasteiger partial charge in [0.2, 0.25) is 11.8 Å². The van der Waals surface area contributed by atoms with E-state index >= 15 is 0 Å². The van der Waals surface area contributed by atoms with Gasteiger partial charge in [-0.15, -0.1) is 0 Å². The highest BCUT2D eigenvalue weighted by molar-refractivity contribution is 6.52. The molecule has 0 aromatic heterocycles. The number of aryl methyl sites for hydroxylation is 1. The van der Waals surface area contributed by atoms with Crippen molar-refractivity contribution in [1.29, 1.82) is 0 Å². The van der Waals surface area contributed by atoms with Crippen LogP contribution in [0.15, 0.2) is 72.8 Å². The summed E-state index contributed by atoms with van der Waals surface area (Å²) in [5, 5.41) is 5.40. The summed E-state index contributed by atoms with van der Waals surface area (Å²) in [5.74, 6) is -2.59. The van der Waals surface area contributed by atoms with Gasteiger partial charge in [-0.2, -0.15) is 0 Å². The van der Waals surface area contributed by atoms with Gasteiger partial charge in [-0.05, 0) is 47.9 Å². The van der Waals surface area contributed by atoms with Crippen LogP contribution < -0.4 is 15.5 Å². The van der Waals surface area contributed by atoms with Gasteiger partial charge in [-0.25, -0.2) is 4.39 Å². The SMILES string of the molecule is O=C(CN1C(=O)C(=O)c2cc(NC(=O)CCc3ccccc3)ccc21)NCc1ccc(F)cc1. The third-order valence-electron chi connectivity index (χ3n) is 5.44. The molecule has 0 atom stereocenters. The van der Waals surface area contributed by atoms with Crippen LogP contribution >= 0.6 is 0 Å². The van der Waals surface area contributed by atoms with Crippen molar-refractivity contribution in [2.24, 2.45) is 0 Å². The summed E-state index contributed by atoms with van der Waals surface area (Å²) in [5.41, 5.74) is 2.60. The molecule has 7 nitrogen and oxygen atoms in total. The van der Waals surface area contributed by atoms with E-state index in [1.54, 1.807) is 18.2 Å². The molecule has 0 saturated carbocycles. The molecule has 1 aliphatic rings. The van der Waals surface area contributed by atoms with Crippen LogP contribution in [0.2, 0.25) is 0 Å². The first-order valence-corrected chi connectivity index (χ1v) is 10.8. The van der Waals surface area contributed by atoms with Crippen LogP contribution in [0, 0.1) is 5.82 Å². The summed E-state index contributed by atoms with van der Waals surface area (Å²) >= 11 is 0. The second-order valence-corrected chi connectivity index (χ2v) is 7.89. The van der Waals surface area contributed by atoms with Gasteiger partial charge in [0.15, 0.2) is 0 Å². The number of amides is 3. The molecule has 3 aromatic carbocycles. The van der Waals surface area contributed by atoms with E-state index in [0.717, 1.165) is 10.5 Å². The van der Waals surface area contributed by atoms with Gasteiger partial charge in [0.1, 0.15) is 12.4 Å². The number of carbonyl (C=O) groups excluding carboxylic acids is 4. The van der Waals surface area contributed by atoms with Crippen LogP contribution in [-0.4, -0.2) is 30.0 Å². The fourth-order valence-electron chi connectivity index (χ4n) is 3.66. The predicted octanol–water partition coefficient (Wildman–Crippen LogP) is 3.24. The number of ketones is 1. The van der Waals surface area contributed by atoms with Crippen molar-refractivity contribution in [2.75, 3.05) is 16.8 Å². The van der Waals surface area contributed by atoms with E-state index in [2.05, 4.69) is 10.6 Å². The molecular weight excluding hydrogens is 437 g/mol. The van der Waals surface area contributed by atoms with Crippen molar-refractivity contribution in [2.45, 2.75) is 19.4 Å². The molecule has 4 rings (SSSR count). The average molecular weight is 459 g/mol. The van der Waals surface area contributed by atoms with E-state index in [-0.39, 0.29) is 36.8 Å². The van der Waals surface area contributed by atoms with Crippen molar-refractivity contribution >= 4 is 34.9 Å². The molecule has 0 aliphatic carbocycles. The molecule has 2 N–H and O–H groups in total. The Bertz CT molecular complexity index is 1240. The van der Waals surface area contributed by atoms with Crippen LogP contribution in [0.4, 0.5) is 15.8 Å². The largest absolute Gasteiger partial charge is 0.350 e. The molecule has 0 unspecified atom stereocenters. The smallest absolute Gasteiger partial charge is 0.299 e. The molecule has 172 valence electrons. The van der Waals surface area contributed by atoms with Crippen LogP contribution in [0.25, 0.3) is 0 Å². The van der Waals surface area contributed by atoms with Gasteiger partial charge in [0.05, 0.1) is 11.3 Å². The second kappa shape index (κ2) is 10.1. The number of rotatable bonds is 8. The molecule has 0 fully saturated rings. The van der Waals surface area contributed by atoms with Crippen molar-refractivity contribution in [3.05, 3.63) is 95.3 Å². The van der Waals surface area contributed by atoms with Gasteiger partial charge in [0, 0.05) is 18.7 Å². The van der Waals surface area contributed by atoms with E-state index < -0.39 is 17.6 Å². The number of anilines is 2. The van der Waals surface area contributed by atoms with E-state index in [4.69, 9.17) is 0 Å². The highest BCUT2D eigenvalue weighted by Gasteiger charge is 2.37. The Hall–Kier alpha value is -4.33. The summed E-state index contributed by atoms with van der Waals surface area (Å²) in [6.07, 6.45) is 0.851. The van der Waals surface area contributed by atoms with Crippen LogP contribution in [0.5, 0.6) is 0 Å². The van der Waals surface area contributed by atoms with E-state index in [9.17, 15) is 23.6 Å². The van der Waals surface area contributed by atoms with Crippen molar-refractivity contribution in [3.63, 3.8) is 0 Å². The standard InChI is InChI=1S/C26H22FN3O4/c27-19-9-6-18(7-10-19)15-28-24(32)16-30-22-12-11-20(14-21(22)25(33)26(30)34)29-23(31)13-8-17-4-2-1-3-5-17/h1-7,9-12,14H,8,13,15-16H2,(H,28,32)(H,29,31). The number of hydrogen-bond donors (Lipinski definition) is 2. The fourth-order valence-corrected chi connectivity index (χ4v) is 3.66. The lowest BCUT2D eigenvalue weighted by Gasteiger charge is -2.16. The van der Waals surface area contributed by atoms with Gasteiger partial charge < -0.3 is 10.6 Å². The molecular formula is C26H22FN3O4. The summed E-state index contributed by atoms with van der Waals surface area (Å²) in [6.45, 7) is -0.169. The van der Waals surface area contributed by atoms with E-state index in [1.165, 1.54) is 24.3 Å². The zero-order valence-electron chi connectivity index (χ0n) is 18.2. The zero-order valence-corrected chi connectivity index (χ0v) is 18.2. The quantitative estimate of drug-likeness (QED) is 0.506. The van der Waals surface area contributed by atoms with Gasteiger partial charge >= 0.3 is 0 Å². The normalized spacial score (nSPS) is 12.4. The summed E-state index contributed by atoms with van der Waals surface area (Å²) in [6, 6.07) is 19.9. The molecule has 34 heavy (non-hydrogen) atoms. The van der Waals surface area contributed by atoms with E-state index in [0.29, 0.717) is 23.4 Å². The minimum atomic E-state index is -0.806. The van der Waals surface area contributed by atoms with Gasteiger partial charge in [0.25, 0.3) is 11.7 Å². The third-order valence-corrected chi connectivity index (χ3v) is 5.44. The minimum Gasteiger partial charge on any atom is -0.350 e. The number of hydrogen-bond acceptors (Lipinski definition) is 4. The third kappa shape index (κ3) is 5.35. The summed E-state index contributed by atoms with van der Waals surface area (Å²) in [4.78, 5) is 50.7. The molecule has 0 spiro atoms. The highest BCUT2D eigenvalue weighted by Crippen LogP contribution is 2.31. The first-order valence-electron chi connectivity index (χ1n) is 10.8. The van der Waals surface area contributed by atoms with Crippen molar-refractivity contribution < 1.29 is 23.6 Å². The number of halogens is 1. The summed E-state index contributed by atoms with van der Waals surface area (Å²) < 4.78 is 13.0. The first-order chi connectivity index (χ1) is 16.4. The Labute approximate surface area is 195 Å². The number of benzene rings is 3. The monoisotopic (exact) mass is 459 g/mol. The number of nitrogens with one attached hydrogen (secondary N) is 2. The predicted molar refractivity (Wildman–Crippen MR) is 125 cm³/mol. The number of fused-ring (bicyclic) bond motifs is 1. The van der Waals surface area contributed by atoms with E-state index in [1.807, 2.05) is 30.3 Å². The zero-order chi connectivity index (χ0) is 24.1. The molecule has 8 heteroatoms. The second-order valence-electron chi connectivity index (χ2n) is 7.89. The molecule has 0 saturated heterocycles. The molecule has 0 bridgehead atoms. The minimum absolute atomic E-state index is 0.136. The molecule has 0 radical (unpaired) electrons. The molecule has 3 amide bonds. The molecule has 1 aliphatic heterocycles. The Balaban J connectivity index is 1.36. The average Bonchev–Trinajstić information content (AvgIpc) is 3.07. The number of Topliss-reactive ketones (excluding diaryl/α,β-unsaturated/α-hetero) is 1. The van der Waals surface area contributed by atoms with Crippen LogP contribution in [-0.2, 0) is 27.3 Å². The lowest BCUT2D eigenvalue weighted by atomic mass is 10.1. The maximum absolute atomic E-state index is 13.0. The Morgan fingerprint density at radius 1 is 0.853 bits per heavy atom. The Morgan fingerprint density at radius 2 is 1.59 bits per heavy atom. The lowest BCUT2D eigenvalue weighted by Crippen LogP contribution is -2.39. The van der Waals surface area contributed by atoms with Crippen LogP contribution in [0.3, 0.4) is 0 Å². The number of nitrogens with zero attached hydrogens (tertiary/aromatic N) is 1. The van der Waals surface area contributed by atoms with Gasteiger partial charge in [-0.1, -0.05) is 42.5 Å². The first kappa shape index (κ1) is 22.8.